The Morgan fingerprint density at radius 3 is 2.53 bits per heavy atom. The summed E-state index contributed by atoms with van der Waals surface area (Å²) in [6, 6.07) is 7.28. The van der Waals surface area contributed by atoms with Crippen molar-refractivity contribution in [2.45, 2.75) is 26.2 Å². The zero-order valence-corrected chi connectivity index (χ0v) is 10.5. The van der Waals surface area contributed by atoms with E-state index in [0.29, 0.717) is 0 Å². The average molecular weight is 233 g/mol. The zero-order chi connectivity index (χ0) is 12.6. The van der Waals surface area contributed by atoms with E-state index in [9.17, 15) is 4.39 Å². The summed E-state index contributed by atoms with van der Waals surface area (Å²) in [5.74, 6) is -0.375. The van der Waals surface area contributed by atoms with E-state index >= 15 is 0 Å². The van der Waals surface area contributed by atoms with Crippen LogP contribution >= 0.6 is 0 Å². The molecule has 0 aliphatic rings. The molecule has 2 nitrogen and oxygen atoms in total. The van der Waals surface area contributed by atoms with E-state index in [4.69, 9.17) is 4.74 Å². The number of fused-ring (bicyclic) bond motifs is 1. The summed E-state index contributed by atoms with van der Waals surface area (Å²) in [4.78, 5) is 4.26. The van der Waals surface area contributed by atoms with Crippen LogP contribution in [0.3, 0.4) is 0 Å². The maximum atomic E-state index is 13.6. The standard InChI is InChI=1S/C14H16FNO/c1-14(2,3)10-7-5-6-9-8-11(15)13(17-4)16-12(9)10/h5-8H,1-4H3. The molecule has 1 aromatic carbocycles. The van der Waals surface area contributed by atoms with E-state index in [0.717, 1.165) is 16.5 Å². The van der Waals surface area contributed by atoms with Gasteiger partial charge in [0.25, 0.3) is 5.88 Å². The van der Waals surface area contributed by atoms with Crippen LogP contribution in [-0.2, 0) is 5.41 Å². The van der Waals surface area contributed by atoms with Crippen LogP contribution in [0, 0.1) is 5.82 Å². The van der Waals surface area contributed by atoms with Gasteiger partial charge in [0.05, 0.1) is 12.6 Å². The highest BCUT2D eigenvalue weighted by molar-refractivity contribution is 5.83. The van der Waals surface area contributed by atoms with Gasteiger partial charge in [-0.15, -0.1) is 0 Å². The highest BCUT2D eigenvalue weighted by Crippen LogP contribution is 2.30. The normalized spacial score (nSPS) is 11.8. The molecule has 0 atom stereocenters. The molecule has 0 bridgehead atoms. The fourth-order valence-electron chi connectivity index (χ4n) is 1.90. The van der Waals surface area contributed by atoms with E-state index in [1.54, 1.807) is 0 Å². The Bertz CT molecular complexity index is 558. The monoisotopic (exact) mass is 233 g/mol. The van der Waals surface area contributed by atoms with Crippen molar-refractivity contribution < 1.29 is 9.13 Å². The van der Waals surface area contributed by atoms with Gasteiger partial charge in [-0.1, -0.05) is 39.0 Å². The molecule has 2 rings (SSSR count). The van der Waals surface area contributed by atoms with Crippen LogP contribution in [0.4, 0.5) is 4.39 Å². The minimum Gasteiger partial charge on any atom is -0.479 e. The third-order valence-electron chi connectivity index (χ3n) is 2.77. The van der Waals surface area contributed by atoms with E-state index in [1.807, 2.05) is 18.2 Å². The summed E-state index contributed by atoms with van der Waals surface area (Å²) in [7, 11) is 1.43. The SMILES string of the molecule is COc1nc2c(C(C)(C)C)cccc2cc1F. The van der Waals surface area contributed by atoms with Crippen LogP contribution in [0.25, 0.3) is 10.9 Å². The van der Waals surface area contributed by atoms with Crippen molar-refractivity contribution >= 4 is 10.9 Å². The lowest BCUT2D eigenvalue weighted by Gasteiger charge is -2.20. The predicted octanol–water partition coefficient (Wildman–Crippen LogP) is 3.68. The lowest BCUT2D eigenvalue weighted by molar-refractivity contribution is 0.371. The minimum absolute atomic E-state index is 0.0324. The Morgan fingerprint density at radius 1 is 1.24 bits per heavy atom. The van der Waals surface area contributed by atoms with Crippen LogP contribution < -0.4 is 4.74 Å². The predicted molar refractivity (Wildman–Crippen MR) is 67.0 cm³/mol. The molecular formula is C14H16FNO. The second-order valence-electron chi connectivity index (χ2n) is 5.11. The van der Waals surface area contributed by atoms with Crippen LogP contribution in [0.15, 0.2) is 24.3 Å². The molecule has 0 amide bonds. The van der Waals surface area contributed by atoms with Crippen molar-refractivity contribution in [1.29, 1.82) is 0 Å². The fraction of sp³-hybridized carbons (Fsp3) is 0.357. The van der Waals surface area contributed by atoms with Crippen molar-refractivity contribution in [3.63, 3.8) is 0 Å². The lowest BCUT2D eigenvalue weighted by atomic mass is 9.85. The first-order valence-electron chi connectivity index (χ1n) is 5.57. The molecule has 0 unspecified atom stereocenters. The fourth-order valence-corrected chi connectivity index (χ4v) is 1.90. The third-order valence-corrected chi connectivity index (χ3v) is 2.77. The number of rotatable bonds is 1. The number of para-hydroxylation sites is 1. The Kier molecular flexibility index (Phi) is 2.77. The lowest BCUT2D eigenvalue weighted by Crippen LogP contribution is -2.12. The molecule has 0 aliphatic heterocycles. The van der Waals surface area contributed by atoms with Crippen molar-refractivity contribution in [2.75, 3.05) is 7.11 Å². The number of pyridine rings is 1. The number of hydrogen-bond donors (Lipinski definition) is 0. The number of hydrogen-bond acceptors (Lipinski definition) is 2. The number of halogens is 1. The quantitative estimate of drug-likeness (QED) is 0.749. The van der Waals surface area contributed by atoms with Crippen molar-refractivity contribution in [3.05, 3.63) is 35.6 Å². The first-order valence-corrected chi connectivity index (χ1v) is 5.57. The topological polar surface area (TPSA) is 22.1 Å². The molecular weight excluding hydrogens is 217 g/mol. The van der Waals surface area contributed by atoms with Gasteiger partial charge in [-0.3, -0.25) is 0 Å². The smallest absolute Gasteiger partial charge is 0.250 e. The largest absolute Gasteiger partial charge is 0.479 e. The van der Waals surface area contributed by atoms with Crippen LogP contribution in [0.2, 0.25) is 0 Å². The molecule has 1 heterocycles. The molecule has 0 saturated heterocycles. The molecule has 0 radical (unpaired) electrons. The molecule has 17 heavy (non-hydrogen) atoms. The minimum atomic E-state index is -0.425. The van der Waals surface area contributed by atoms with Gasteiger partial charge in [-0.25, -0.2) is 9.37 Å². The second-order valence-corrected chi connectivity index (χ2v) is 5.11. The maximum absolute atomic E-state index is 13.6. The van der Waals surface area contributed by atoms with Crippen LogP contribution in [-0.4, -0.2) is 12.1 Å². The molecule has 0 spiro atoms. The summed E-state index contributed by atoms with van der Waals surface area (Å²) >= 11 is 0. The molecule has 90 valence electrons. The van der Waals surface area contributed by atoms with Crippen molar-refractivity contribution in [2.24, 2.45) is 0 Å². The summed E-state index contributed by atoms with van der Waals surface area (Å²) in [5.41, 5.74) is 1.86. The van der Waals surface area contributed by atoms with Crippen molar-refractivity contribution in [1.82, 2.24) is 4.98 Å². The molecule has 1 aromatic heterocycles. The van der Waals surface area contributed by atoms with E-state index in [2.05, 4.69) is 25.8 Å². The Hall–Kier alpha value is -1.64. The molecule has 0 fully saturated rings. The summed E-state index contributed by atoms with van der Waals surface area (Å²) in [5, 5.41) is 0.802. The Balaban J connectivity index is 2.79. The third kappa shape index (κ3) is 2.09. The second kappa shape index (κ2) is 3.99. The zero-order valence-electron chi connectivity index (χ0n) is 10.5. The van der Waals surface area contributed by atoms with E-state index in [1.165, 1.54) is 13.2 Å². The number of benzene rings is 1. The summed E-state index contributed by atoms with van der Waals surface area (Å²) < 4.78 is 18.5. The van der Waals surface area contributed by atoms with Gasteiger partial charge in [0, 0.05) is 5.39 Å². The van der Waals surface area contributed by atoms with Gasteiger partial charge in [0.2, 0.25) is 0 Å². The molecule has 3 heteroatoms. The first-order chi connectivity index (χ1) is 7.93. The number of aromatic nitrogens is 1. The van der Waals surface area contributed by atoms with E-state index in [-0.39, 0.29) is 11.3 Å². The van der Waals surface area contributed by atoms with Gasteiger partial charge in [-0.05, 0) is 17.0 Å². The number of methoxy groups -OCH3 is 1. The van der Waals surface area contributed by atoms with Crippen LogP contribution in [0.5, 0.6) is 5.88 Å². The van der Waals surface area contributed by atoms with Gasteiger partial charge in [0.15, 0.2) is 5.82 Å². The van der Waals surface area contributed by atoms with Crippen molar-refractivity contribution in [3.8, 4) is 5.88 Å². The molecule has 0 saturated carbocycles. The highest BCUT2D eigenvalue weighted by Gasteiger charge is 2.19. The van der Waals surface area contributed by atoms with Gasteiger partial charge < -0.3 is 4.74 Å². The molecule has 0 aliphatic carbocycles. The highest BCUT2D eigenvalue weighted by atomic mass is 19.1. The van der Waals surface area contributed by atoms with Gasteiger partial charge in [0.1, 0.15) is 0 Å². The van der Waals surface area contributed by atoms with Gasteiger partial charge in [-0.2, -0.15) is 0 Å². The summed E-state index contributed by atoms with van der Waals surface area (Å²) in [6.07, 6.45) is 0. The molecule has 2 aromatic rings. The first kappa shape index (κ1) is 11.8. The number of ether oxygens (including phenoxy) is 1. The number of nitrogens with zero attached hydrogens (tertiary/aromatic N) is 1. The molecule has 0 N–H and O–H groups in total. The maximum Gasteiger partial charge on any atom is 0.250 e. The van der Waals surface area contributed by atoms with Gasteiger partial charge >= 0.3 is 0 Å². The summed E-state index contributed by atoms with van der Waals surface area (Å²) in [6.45, 7) is 6.33. The average Bonchev–Trinajstić information content (AvgIpc) is 2.25. The van der Waals surface area contributed by atoms with E-state index < -0.39 is 5.82 Å². The Morgan fingerprint density at radius 2 is 1.94 bits per heavy atom. The van der Waals surface area contributed by atoms with Crippen LogP contribution in [0.1, 0.15) is 26.3 Å². The Labute approximate surface area is 100 Å².